The molecule has 1 aromatic rings. The molecule has 0 spiro atoms. The number of carbonyl (C=O) groups is 2. The molecule has 3 rings (SSSR count). The molecule has 0 saturated carbocycles. The van der Waals surface area contributed by atoms with E-state index in [9.17, 15) is 35.9 Å². The number of hydrogen-bond acceptors (Lipinski definition) is 5. The van der Waals surface area contributed by atoms with Crippen LogP contribution in [0.25, 0.3) is 0 Å². The predicted molar refractivity (Wildman–Crippen MR) is 98.7 cm³/mol. The number of piperidine rings is 1. The lowest BCUT2D eigenvalue weighted by molar-refractivity contribution is -0.153. The fraction of sp³-hybridized carbons (Fsp3) is 0.684. The van der Waals surface area contributed by atoms with Gasteiger partial charge in [-0.3, -0.25) is 9.59 Å². The molecule has 2 amide bonds. The van der Waals surface area contributed by atoms with Gasteiger partial charge in [0.2, 0.25) is 17.6 Å². The molecule has 2 N–H and O–H groups in total. The number of alkyl halides is 6. The Labute approximate surface area is 180 Å². The van der Waals surface area contributed by atoms with E-state index in [4.69, 9.17) is 5.73 Å². The lowest BCUT2D eigenvalue weighted by Gasteiger charge is -2.34. The van der Waals surface area contributed by atoms with Crippen LogP contribution in [0, 0.1) is 5.92 Å². The van der Waals surface area contributed by atoms with Crippen LogP contribution >= 0.6 is 0 Å². The smallest absolute Gasteiger partial charge is 0.341 e. The van der Waals surface area contributed by atoms with Crippen molar-refractivity contribution in [3.05, 3.63) is 22.8 Å². The first kappa shape index (κ1) is 24.2. The molecule has 2 aliphatic heterocycles. The number of nitrogens with zero attached hydrogens (tertiary/aromatic N) is 4. The molecule has 0 radical (unpaired) electrons. The van der Waals surface area contributed by atoms with Gasteiger partial charge in [-0.15, -0.1) is 0 Å². The van der Waals surface area contributed by atoms with Gasteiger partial charge in [0.05, 0.1) is 12.2 Å². The number of carbonyl (C=O) groups excluding carboxylic acids is 2. The average Bonchev–Trinajstić information content (AvgIpc) is 2.67. The Bertz CT molecular complexity index is 888. The lowest BCUT2D eigenvalue weighted by Crippen LogP contribution is -2.48. The largest absolute Gasteiger partial charge is 0.451 e. The van der Waals surface area contributed by atoms with E-state index in [1.807, 2.05) is 6.92 Å². The highest BCUT2D eigenvalue weighted by Crippen LogP contribution is 2.36. The van der Waals surface area contributed by atoms with E-state index in [-0.39, 0.29) is 31.8 Å². The van der Waals surface area contributed by atoms with E-state index < -0.39 is 53.6 Å². The highest BCUT2D eigenvalue weighted by atomic mass is 19.4. The normalized spacial score (nSPS) is 20.9. The van der Waals surface area contributed by atoms with Crippen LogP contribution < -0.4 is 5.73 Å². The number of halogens is 6. The van der Waals surface area contributed by atoms with Crippen LogP contribution in [0.5, 0.6) is 0 Å². The number of rotatable bonds is 4. The van der Waals surface area contributed by atoms with Crippen LogP contribution in [0.4, 0.5) is 26.3 Å². The summed E-state index contributed by atoms with van der Waals surface area (Å²) in [5.41, 5.74) is 3.47. The number of hydrogen-bond donors (Lipinski definition) is 1. The number of nitrogens with two attached hydrogens (primary N) is 1. The van der Waals surface area contributed by atoms with Crippen LogP contribution in [0.2, 0.25) is 0 Å². The van der Waals surface area contributed by atoms with Gasteiger partial charge in [-0.2, -0.15) is 26.3 Å². The van der Waals surface area contributed by atoms with E-state index in [0.29, 0.717) is 18.9 Å². The van der Waals surface area contributed by atoms with Crippen molar-refractivity contribution in [3.63, 3.8) is 0 Å². The summed E-state index contributed by atoms with van der Waals surface area (Å²) in [6.45, 7) is 2.03. The zero-order chi connectivity index (χ0) is 23.8. The molecule has 32 heavy (non-hydrogen) atoms. The zero-order valence-electron chi connectivity index (χ0n) is 17.3. The van der Waals surface area contributed by atoms with Gasteiger partial charge in [-0.05, 0) is 18.8 Å². The molecule has 178 valence electrons. The zero-order valence-corrected chi connectivity index (χ0v) is 17.3. The first-order chi connectivity index (χ1) is 14.8. The maximum Gasteiger partial charge on any atom is 0.451 e. The number of likely N-dealkylation sites (tertiary alicyclic amines) is 1. The van der Waals surface area contributed by atoms with E-state index in [2.05, 4.69) is 9.97 Å². The Kier molecular flexibility index (Phi) is 6.68. The van der Waals surface area contributed by atoms with Gasteiger partial charge in [0.25, 0.3) is 0 Å². The molecule has 13 heteroatoms. The summed E-state index contributed by atoms with van der Waals surface area (Å²) in [5, 5.41) is 0. The van der Waals surface area contributed by atoms with Crippen molar-refractivity contribution in [2.45, 2.75) is 57.5 Å². The van der Waals surface area contributed by atoms with E-state index >= 15 is 0 Å². The summed E-state index contributed by atoms with van der Waals surface area (Å²) in [4.78, 5) is 33.3. The minimum atomic E-state index is -5.16. The summed E-state index contributed by atoms with van der Waals surface area (Å²) in [6.07, 6.45) is -9.60. The molecule has 1 aromatic heterocycles. The second kappa shape index (κ2) is 8.83. The number of aromatic nitrogens is 2. The molecule has 0 unspecified atom stereocenters. The number of fused-ring (bicyclic) bond motifs is 1. The summed E-state index contributed by atoms with van der Waals surface area (Å²) >= 11 is 0. The van der Waals surface area contributed by atoms with Crippen molar-refractivity contribution >= 4 is 11.8 Å². The topological polar surface area (TPSA) is 92.4 Å². The van der Waals surface area contributed by atoms with Crippen molar-refractivity contribution in [2.24, 2.45) is 11.7 Å². The van der Waals surface area contributed by atoms with Gasteiger partial charge in [0.15, 0.2) is 5.69 Å². The molecule has 1 saturated heterocycles. The maximum atomic E-state index is 13.3. The molecule has 0 bridgehead atoms. The Morgan fingerprint density at radius 1 is 1.16 bits per heavy atom. The van der Waals surface area contributed by atoms with Crippen molar-refractivity contribution in [2.75, 3.05) is 19.6 Å². The molecule has 1 fully saturated rings. The van der Waals surface area contributed by atoms with Crippen molar-refractivity contribution in [1.82, 2.24) is 19.8 Å². The molecule has 0 aromatic carbocycles. The summed E-state index contributed by atoms with van der Waals surface area (Å²) in [5.74, 6) is -2.18. The fourth-order valence-electron chi connectivity index (χ4n) is 3.98. The minimum Gasteiger partial charge on any atom is -0.341 e. The highest BCUT2D eigenvalue weighted by molar-refractivity contribution is 5.78. The SMILES string of the molecule is C[C@H]1CCC(=O)N(C[C@@H](N)CC(=O)N2CCc3c(nc(C(F)(F)F)nc3C(F)(F)F)C2)C1. The third kappa shape index (κ3) is 5.48. The van der Waals surface area contributed by atoms with Crippen LogP contribution in [0.15, 0.2) is 0 Å². The molecule has 2 aliphatic rings. The quantitative estimate of drug-likeness (QED) is 0.687. The number of amides is 2. The van der Waals surface area contributed by atoms with E-state index in [1.165, 1.54) is 0 Å². The first-order valence-electron chi connectivity index (χ1n) is 10.1. The average molecular weight is 467 g/mol. The predicted octanol–water partition coefficient (Wildman–Crippen LogP) is 2.37. The molecule has 2 atom stereocenters. The monoisotopic (exact) mass is 467 g/mol. The second-order valence-electron chi connectivity index (χ2n) is 8.29. The van der Waals surface area contributed by atoms with Gasteiger partial charge >= 0.3 is 12.4 Å². The van der Waals surface area contributed by atoms with E-state index in [1.54, 1.807) is 4.90 Å². The fourth-order valence-corrected chi connectivity index (χ4v) is 3.98. The highest BCUT2D eigenvalue weighted by Gasteiger charge is 2.43. The Balaban J connectivity index is 1.72. The van der Waals surface area contributed by atoms with Gasteiger partial charge in [0.1, 0.15) is 0 Å². The van der Waals surface area contributed by atoms with E-state index in [0.717, 1.165) is 11.3 Å². The van der Waals surface area contributed by atoms with Gasteiger partial charge in [0, 0.05) is 44.1 Å². The third-order valence-corrected chi connectivity index (χ3v) is 5.57. The lowest BCUT2D eigenvalue weighted by atomic mass is 9.98. The minimum absolute atomic E-state index is 0.0611. The Hall–Kier alpha value is -2.44. The molecule has 7 nitrogen and oxygen atoms in total. The first-order valence-corrected chi connectivity index (χ1v) is 10.1. The van der Waals surface area contributed by atoms with Crippen LogP contribution in [0.3, 0.4) is 0 Å². The summed E-state index contributed by atoms with van der Waals surface area (Å²) < 4.78 is 78.8. The van der Waals surface area contributed by atoms with Gasteiger partial charge in [-0.25, -0.2) is 9.97 Å². The van der Waals surface area contributed by atoms with Crippen molar-refractivity contribution in [3.8, 4) is 0 Å². The molecular formula is C19H23F6N5O2. The second-order valence-corrected chi connectivity index (χ2v) is 8.29. The van der Waals surface area contributed by atoms with Crippen molar-refractivity contribution < 1.29 is 35.9 Å². The van der Waals surface area contributed by atoms with Crippen LogP contribution in [-0.2, 0) is 34.9 Å². The Morgan fingerprint density at radius 2 is 1.84 bits per heavy atom. The molecule has 0 aliphatic carbocycles. The van der Waals surface area contributed by atoms with Gasteiger partial charge in [-0.1, -0.05) is 6.92 Å². The summed E-state index contributed by atoms with van der Waals surface area (Å²) in [6, 6.07) is -0.708. The van der Waals surface area contributed by atoms with Crippen molar-refractivity contribution in [1.29, 1.82) is 0 Å². The Morgan fingerprint density at radius 3 is 2.47 bits per heavy atom. The standard InChI is InChI=1S/C19H23F6N5O2/c1-10-2-3-14(31)30(7-10)8-11(26)6-15(32)29-5-4-12-13(9-29)27-17(19(23,24)25)28-16(12)18(20,21)22/h10-11H,2-9,26H2,1H3/t10-,11-/m0/s1. The van der Waals surface area contributed by atoms with Crippen LogP contribution in [0.1, 0.15) is 49.0 Å². The molecular weight excluding hydrogens is 444 g/mol. The maximum absolute atomic E-state index is 13.3. The van der Waals surface area contributed by atoms with Crippen LogP contribution in [-0.4, -0.2) is 57.3 Å². The van der Waals surface area contributed by atoms with Gasteiger partial charge < -0.3 is 15.5 Å². The molecule has 3 heterocycles. The summed E-state index contributed by atoms with van der Waals surface area (Å²) in [7, 11) is 0. The third-order valence-electron chi connectivity index (χ3n) is 5.57.